The lowest BCUT2D eigenvalue weighted by molar-refractivity contribution is 0.0914. The number of carbonyl (C=O) groups is 1. The number of carbonyl (C=O) groups excluding carboxylic acids is 1. The van der Waals surface area contributed by atoms with E-state index in [2.05, 4.69) is 15.2 Å². The summed E-state index contributed by atoms with van der Waals surface area (Å²) in [6.07, 6.45) is 2.85. The number of hydrogen-bond acceptors (Lipinski definition) is 6. The highest BCUT2D eigenvalue weighted by Crippen LogP contribution is 2.32. The fourth-order valence-corrected chi connectivity index (χ4v) is 3.46. The molecule has 28 heavy (non-hydrogen) atoms. The molecule has 1 aromatic carbocycles. The second kappa shape index (κ2) is 7.51. The molecule has 0 saturated carbocycles. The number of nitrogens with zero attached hydrogens (tertiary/aromatic N) is 2. The Labute approximate surface area is 160 Å². The number of ether oxygens (including phenoxy) is 2. The minimum absolute atomic E-state index is 0.0253. The van der Waals surface area contributed by atoms with Crippen LogP contribution in [0.1, 0.15) is 28.8 Å². The second-order valence-corrected chi connectivity index (χ2v) is 7.14. The van der Waals surface area contributed by atoms with Gasteiger partial charge in [0.15, 0.2) is 11.5 Å². The summed E-state index contributed by atoms with van der Waals surface area (Å²) in [6.45, 7) is 1.96. The molecule has 2 N–H and O–H groups in total. The summed E-state index contributed by atoms with van der Waals surface area (Å²) >= 11 is 0. The van der Waals surface area contributed by atoms with Gasteiger partial charge in [-0.15, -0.1) is 0 Å². The smallest absolute Gasteiger partial charge is 0.328 e. The molecule has 148 valence electrons. The number of piperidine rings is 1. The minimum atomic E-state index is -0.619. The molecule has 2 aliphatic rings. The highest BCUT2D eigenvalue weighted by Gasteiger charge is 2.22. The summed E-state index contributed by atoms with van der Waals surface area (Å²) in [5, 5.41) is 2.90. The highest BCUT2D eigenvalue weighted by molar-refractivity contribution is 5.93. The number of likely N-dealkylation sites (tertiary alicyclic amines) is 1. The van der Waals surface area contributed by atoms with Crippen LogP contribution in [0.2, 0.25) is 0 Å². The Balaban J connectivity index is 1.55. The fourth-order valence-electron chi connectivity index (χ4n) is 3.46. The first-order valence-corrected chi connectivity index (χ1v) is 9.22. The number of rotatable bonds is 4. The number of benzene rings is 1. The van der Waals surface area contributed by atoms with Gasteiger partial charge < -0.3 is 24.7 Å². The van der Waals surface area contributed by atoms with Crippen LogP contribution < -0.4 is 26.0 Å². The molecule has 0 bridgehead atoms. The number of hydrogen-bond donors (Lipinski definition) is 2. The first kappa shape index (κ1) is 18.3. The van der Waals surface area contributed by atoms with Crippen molar-refractivity contribution < 1.29 is 14.3 Å². The lowest BCUT2D eigenvalue weighted by Crippen LogP contribution is -2.46. The molecule has 0 radical (unpaired) electrons. The van der Waals surface area contributed by atoms with Gasteiger partial charge in [-0.3, -0.25) is 14.2 Å². The van der Waals surface area contributed by atoms with Gasteiger partial charge in [-0.2, -0.15) is 0 Å². The van der Waals surface area contributed by atoms with E-state index in [-0.39, 0.29) is 24.9 Å². The van der Waals surface area contributed by atoms with Crippen LogP contribution in [-0.4, -0.2) is 53.3 Å². The first-order valence-electron chi connectivity index (χ1n) is 9.22. The number of fused-ring (bicyclic) bond motifs is 1. The molecular formula is C19H22N4O5. The van der Waals surface area contributed by atoms with Crippen LogP contribution in [-0.2, 0) is 6.54 Å². The van der Waals surface area contributed by atoms with Crippen molar-refractivity contribution in [2.75, 3.05) is 26.9 Å². The zero-order valence-corrected chi connectivity index (χ0v) is 15.6. The average Bonchev–Trinajstić information content (AvgIpc) is 3.14. The Morgan fingerprint density at radius 1 is 1.21 bits per heavy atom. The summed E-state index contributed by atoms with van der Waals surface area (Å²) in [5.41, 5.74) is -0.561. The molecule has 9 nitrogen and oxygen atoms in total. The van der Waals surface area contributed by atoms with E-state index < -0.39 is 17.2 Å². The molecule has 0 atom stereocenters. The summed E-state index contributed by atoms with van der Waals surface area (Å²) in [7, 11) is 2.04. The van der Waals surface area contributed by atoms with Gasteiger partial charge in [-0.1, -0.05) is 6.07 Å². The maximum atomic E-state index is 12.8. The van der Waals surface area contributed by atoms with Crippen LogP contribution in [0.25, 0.3) is 0 Å². The van der Waals surface area contributed by atoms with Gasteiger partial charge in [-0.05, 0) is 50.7 Å². The molecule has 1 aromatic heterocycles. The largest absolute Gasteiger partial charge is 0.454 e. The van der Waals surface area contributed by atoms with E-state index >= 15 is 0 Å². The van der Waals surface area contributed by atoms with Crippen molar-refractivity contribution in [3.63, 3.8) is 0 Å². The third-order valence-electron chi connectivity index (χ3n) is 5.14. The Morgan fingerprint density at radius 3 is 2.75 bits per heavy atom. The normalized spacial score (nSPS) is 16.9. The molecule has 1 fully saturated rings. The number of amides is 1. The van der Waals surface area contributed by atoms with Crippen molar-refractivity contribution in [1.29, 1.82) is 0 Å². The topological polar surface area (TPSA) is 106 Å². The first-order chi connectivity index (χ1) is 13.5. The molecule has 2 aromatic rings. The van der Waals surface area contributed by atoms with Crippen LogP contribution in [0.5, 0.6) is 11.5 Å². The van der Waals surface area contributed by atoms with Crippen LogP contribution in [0, 0.1) is 0 Å². The molecule has 2 aliphatic heterocycles. The summed E-state index contributed by atoms with van der Waals surface area (Å²) in [6, 6.07) is 5.23. The zero-order chi connectivity index (χ0) is 19.7. The molecule has 0 unspecified atom stereocenters. The maximum Gasteiger partial charge on any atom is 0.328 e. The van der Waals surface area contributed by atoms with Gasteiger partial charge in [0.1, 0.15) is 5.56 Å². The Kier molecular flexibility index (Phi) is 4.91. The van der Waals surface area contributed by atoms with Crippen molar-refractivity contribution in [2.24, 2.45) is 0 Å². The van der Waals surface area contributed by atoms with Gasteiger partial charge in [0.25, 0.3) is 11.5 Å². The average molecular weight is 386 g/mol. The molecule has 1 saturated heterocycles. The summed E-state index contributed by atoms with van der Waals surface area (Å²) in [4.78, 5) is 42.2. The molecular weight excluding hydrogens is 364 g/mol. The summed E-state index contributed by atoms with van der Waals surface area (Å²) < 4.78 is 11.6. The van der Waals surface area contributed by atoms with Crippen molar-refractivity contribution in [2.45, 2.75) is 25.4 Å². The van der Waals surface area contributed by atoms with Crippen molar-refractivity contribution >= 4 is 5.91 Å². The molecule has 3 heterocycles. The summed E-state index contributed by atoms with van der Waals surface area (Å²) in [5.74, 6) is 0.727. The van der Waals surface area contributed by atoms with Gasteiger partial charge >= 0.3 is 5.69 Å². The van der Waals surface area contributed by atoms with Crippen LogP contribution in [0.15, 0.2) is 34.0 Å². The van der Waals surface area contributed by atoms with Gasteiger partial charge in [0.05, 0.1) is 6.54 Å². The fraction of sp³-hybridized carbons (Fsp3) is 0.421. The van der Waals surface area contributed by atoms with Crippen molar-refractivity contribution in [3.8, 4) is 11.5 Å². The standard InChI is InChI=1S/C19H22N4O5/c1-22-6-4-13(5-7-22)21-17(24)14-9-20-19(26)23(18(14)25)10-12-2-3-15-16(8-12)28-11-27-15/h2-3,8-9,13H,4-7,10-11H2,1H3,(H,20,26)(H,21,24). The van der Waals surface area contributed by atoms with Crippen molar-refractivity contribution in [3.05, 3.63) is 56.4 Å². The van der Waals surface area contributed by atoms with Crippen LogP contribution >= 0.6 is 0 Å². The van der Waals surface area contributed by atoms with E-state index in [9.17, 15) is 14.4 Å². The zero-order valence-electron chi connectivity index (χ0n) is 15.6. The molecule has 9 heteroatoms. The monoisotopic (exact) mass is 386 g/mol. The molecule has 1 amide bonds. The van der Waals surface area contributed by atoms with E-state index in [0.717, 1.165) is 30.5 Å². The third kappa shape index (κ3) is 3.65. The highest BCUT2D eigenvalue weighted by atomic mass is 16.7. The maximum absolute atomic E-state index is 12.8. The Morgan fingerprint density at radius 2 is 1.96 bits per heavy atom. The van der Waals surface area contributed by atoms with E-state index in [0.29, 0.717) is 17.1 Å². The Bertz CT molecular complexity index is 1000. The predicted molar refractivity (Wildman–Crippen MR) is 101 cm³/mol. The number of H-pyrrole nitrogens is 1. The van der Waals surface area contributed by atoms with E-state index in [1.54, 1.807) is 18.2 Å². The van der Waals surface area contributed by atoms with Crippen LogP contribution in [0.3, 0.4) is 0 Å². The molecule has 4 rings (SSSR count). The molecule has 0 aliphatic carbocycles. The van der Waals surface area contributed by atoms with Crippen molar-refractivity contribution in [1.82, 2.24) is 19.8 Å². The number of nitrogens with one attached hydrogen (secondary N) is 2. The predicted octanol–water partition coefficient (Wildman–Crippen LogP) is 0.138. The SMILES string of the molecule is CN1CCC(NC(=O)c2c[nH]c(=O)n(Cc3ccc4c(c3)OCO4)c2=O)CC1. The molecule has 0 spiro atoms. The number of aromatic amines is 1. The van der Waals surface area contributed by atoms with E-state index in [1.807, 2.05) is 7.05 Å². The van der Waals surface area contributed by atoms with Gasteiger partial charge in [-0.25, -0.2) is 4.79 Å². The Hall–Kier alpha value is -3.07. The van der Waals surface area contributed by atoms with Gasteiger partial charge in [0.2, 0.25) is 6.79 Å². The van der Waals surface area contributed by atoms with Gasteiger partial charge in [0, 0.05) is 12.2 Å². The third-order valence-corrected chi connectivity index (χ3v) is 5.14. The van der Waals surface area contributed by atoms with Crippen LogP contribution in [0.4, 0.5) is 0 Å². The quantitative estimate of drug-likeness (QED) is 0.774. The lowest BCUT2D eigenvalue weighted by atomic mass is 10.1. The van der Waals surface area contributed by atoms with E-state index in [4.69, 9.17) is 9.47 Å². The number of aromatic nitrogens is 2. The second-order valence-electron chi connectivity index (χ2n) is 7.14. The van der Waals surface area contributed by atoms with E-state index in [1.165, 1.54) is 6.20 Å². The lowest BCUT2D eigenvalue weighted by Gasteiger charge is -2.29. The minimum Gasteiger partial charge on any atom is -0.454 e.